The second-order valence-corrected chi connectivity index (χ2v) is 11.4. The standard InChI is InChI=1S/C38H40N4O/c1-2-3-4-5-6-7-8-9-10-14-23-43-38-36-27-34-22-20-32(41-34)25-30-18-17-29(39-30)24-31-19-21-33(40-31)26-35(42-36)37(38)28-15-12-11-13-16-28/h11-13,15-22,24-27H,2-10,14,23H2,1H3. The van der Waals surface area contributed by atoms with Gasteiger partial charge >= 0.3 is 0 Å². The molecule has 0 fully saturated rings. The number of hydrogen-bond acceptors (Lipinski definition) is 5. The summed E-state index contributed by atoms with van der Waals surface area (Å²) in [6, 6.07) is 10.4. The van der Waals surface area contributed by atoms with Crippen LogP contribution >= 0.6 is 0 Å². The summed E-state index contributed by atoms with van der Waals surface area (Å²) in [5.74, 6) is 0.812. The number of unbranched alkanes of at least 4 members (excludes halogenated alkanes) is 9. The fourth-order valence-corrected chi connectivity index (χ4v) is 5.73. The van der Waals surface area contributed by atoms with E-state index in [2.05, 4.69) is 37.3 Å². The molecule has 0 aliphatic carbocycles. The molecule has 0 unspecified atom stereocenters. The van der Waals surface area contributed by atoms with Crippen molar-refractivity contribution in [3.05, 3.63) is 125 Å². The molecule has 0 N–H and O–H groups in total. The Morgan fingerprint density at radius 2 is 1.07 bits per heavy atom. The fourth-order valence-electron chi connectivity index (χ4n) is 5.73. The number of hydrogen-bond donors (Lipinski definition) is 0. The Bertz CT molecular complexity index is 1600. The summed E-state index contributed by atoms with van der Waals surface area (Å²) in [7, 11) is 0. The summed E-state index contributed by atoms with van der Waals surface area (Å²) in [4.78, 5) is 19.5. The zero-order valence-electron chi connectivity index (χ0n) is 25.1. The molecule has 6 rings (SSSR count). The molecule has 5 aliphatic rings. The SMILES string of the molecule is CCCCCCCCCCCCOC1=C(c2ccccc2)C2=NC1=CC1=NC(=CC3=NC(=CC4=NC(=C2)C=C4)C=C3)C=C1. The van der Waals surface area contributed by atoms with Gasteiger partial charge in [0.2, 0.25) is 0 Å². The summed E-state index contributed by atoms with van der Waals surface area (Å²) >= 11 is 0. The Balaban J connectivity index is 1.25. The highest BCUT2D eigenvalue weighted by Gasteiger charge is 2.27. The van der Waals surface area contributed by atoms with Crippen molar-refractivity contribution in [3.63, 3.8) is 0 Å². The minimum atomic E-state index is 0.661. The lowest BCUT2D eigenvalue weighted by Crippen LogP contribution is -2.02. The van der Waals surface area contributed by atoms with Crippen molar-refractivity contribution in [1.29, 1.82) is 0 Å². The molecule has 0 amide bonds. The van der Waals surface area contributed by atoms with Crippen molar-refractivity contribution >= 4 is 28.4 Å². The molecule has 5 heterocycles. The van der Waals surface area contributed by atoms with Crippen molar-refractivity contribution in [2.45, 2.75) is 71.1 Å². The van der Waals surface area contributed by atoms with Crippen LogP contribution in [0.1, 0.15) is 76.7 Å². The fraction of sp³-hybridized carbons (Fsp3) is 0.316. The van der Waals surface area contributed by atoms with Crippen LogP contribution in [-0.4, -0.2) is 29.5 Å². The zero-order valence-corrected chi connectivity index (χ0v) is 25.1. The van der Waals surface area contributed by atoms with Gasteiger partial charge in [-0.25, -0.2) is 20.0 Å². The van der Waals surface area contributed by atoms with E-state index in [1.54, 1.807) is 0 Å². The highest BCUT2D eigenvalue weighted by Crippen LogP contribution is 2.35. The maximum absolute atomic E-state index is 6.61. The molecule has 8 bridgehead atoms. The zero-order chi connectivity index (χ0) is 29.3. The van der Waals surface area contributed by atoms with Crippen LogP contribution < -0.4 is 0 Å². The summed E-state index contributed by atoms with van der Waals surface area (Å²) in [6.07, 6.45) is 33.1. The van der Waals surface area contributed by atoms with E-state index in [9.17, 15) is 0 Å². The Labute approximate surface area is 255 Å². The van der Waals surface area contributed by atoms with Gasteiger partial charge in [-0.1, -0.05) is 95.0 Å². The minimum Gasteiger partial charge on any atom is -0.491 e. The second kappa shape index (κ2) is 14.2. The minimum absolute atomic E-state index is 0.661. The van der Waals surface area contributed by atoms with Crippen LogP contribution in [0.4, 0.5) is 0 Å². The van der Waals surface area contributed by atoms with Crippen LogP contribution in [-0.2, 0) is 4.74 Å². The van der Waals surface area contributed by atoms with Crippen molar-refractivity contribution in [3.8, 4) is 0 Å². The van der Waals surface area contributed by atoms with Crippen molar-refractivity contribution in [2.75, 3.05) is 6.61 Å². The third-order valence-electron chi connectivity index (χ3n) is 7.97. The molecule has 0 spiro atoms. The summed E-state index contributed by atoms with van der Waals surface area (Å²) < 4.78 is 6.61. The monoisotopic (exact) mass is 568 g/mol. The average molecular weight is 569 g/mol. The summed E-state index contributed by atoms with van der Waals surface area (Å²) in [5, 5.41) is 0. The van der Waals surface area contributed by atoms with Gasteiger partial charge < -0.3 is 4.74 Å². The number of rotatable bonds is 13. The first-order valence-electron chi connectivity index (χ1n) is 15.9. The third-order valence-corrected chi connectivity index (χ3v) is 7.97. The largest absolute Gasteiger partial charge is 0.491 e. The Morgan fingerprint density at radius 3 is 1.67 bits per heavy atom. The molecule has 5 heteroatoms. The lowest BCUT2D eigenvalue weighted by Gasteiger charge is -2.12. The molecule has 0 atom stereocenters. The van der Waals surface area contributed by atoms with Crippen LogP contribution in [0.3, 0.4) is 0 Å². The molecule has 1 aromatic rings. The molecule has 43 heavy (non-hydrogen) atoms. The van der Waals surface area contributed by atoms with Crippen molar-refractivity contribution in [1.82, 2.24) is 0 Å². The lowest BCUT2D eigenvalue weighted by atomic mass is 10.00. The van der Waals surface area contributed by atoms with Crippen LogP contribution in [0, 0.1) is 0 Å². The van der Waals surface area contributed by atoms with Crippen molar-refractivity contribution < 1.29 is 4.74 Å². The number of aliphatic imine (C=N–C) groups is 4. The van der Waals surface area contributed by atoms with Gasteiger partial charge in [0.25, 0.3) is 0 Å². The van der Waals surface area contributed by atoms with Gasteiger partial charge in [-0.15, -0.1) is 0 Å². The summed E-state index contributed by atoms with van der Waals surface area (Å²) in [5.41, 5.74) is 8.90. The predicted molar refractivity (Wildman–Crippen MR) is 181 cm³/mol. The van der Waals surface area contributed by atoms with E-state index < -0.39 is 0 Å². The van der Waals surface area contributed by atoms with Gasteiger partial charge in [0.1, 0.15) is 5.70 Å². The van der Waals surface area contributed by atoms with Crippen LogP contribution in [0.2, 0.25) is 0 Å². The molecule has 0 aromatic heterocycles. The van der Waals surface area contributed by atoms with Gasteiger partial charge in [0.05, 0.1) is 52.1 Å². The number of benzene rings is 1. The highest BCUT2D eigenvalue weighted by atomic mass is 16.5. The Morgan fingerprint density at radius 1 is 0.535 bits per heavy atom. The molecule has 5 aliphatic heterocycles. The second-order valence-electron chi connectivity index (χ2n) is 11.4. The molecule has 0 radical (unpaired) electrons. The topological polar surface area (TPSA) is 58.7 Å². The van der Waals surface area contributed by atoms with E-state index >= 15 is 0 Å². The number of ether oxygens (including phenoxy) is 1. The first-order chi connectivity index (χ1) is 21.2. The average Bonchev–Trinajstić information content (AvgIpc) is 3.82. The first kappa shape index (κ1) is 28.7. The molecule has 218 valence electrons. The normalized spacial score (nSPS) is 18.3. The van der Waals surface area contributed by atoms with Crippen LogP contribution in [0.5, 0.6) is 0 Å². The van der Waals surface area contributed by atoms with Gasteiger partial charge in [0, 0.05) is 0 Å². The Kier molecular flexibility index (Phi) is 9.48. The number of fused-ring (bicyclic) bond motifs is 4. The van der Waals surface area contributed by atoms with E-state index in [0.29, 0.717) is 6.61 Å². The quantitative estimate of drug-likeness (QED) is 0.219. The van der Waals surface area contributed by atoms with E-state index in [0.717, 1.165) is 69.0 Å². The van der Waals surface area contributed by atoms with Gasteiger partial charge in [-0.2, -0.15) is 0 Å². The van der Waals surface area contributed by atoms with Gasteiger partial charge in [-0.3, -0.25) is 0 Å². The summed E-state index contributed by atoms with van der Waals surface area (Å²) in [6.45, 7) is 2.94. The molecule has 1 aromatic carbocycles. The molecule has 0 saturated heterocycles. The van der Waals surface area contributed by atoms with E-state index in [1.807, 2.05) is 60.8 Å². The van der Waals surface area contributed by atoms with E-state index in [4.69, 9.17) is 24.7 Å². The smallest absolute Gasteiger partial charge is 0.154 e. The maximum Gasteiger partial charge on any atom is 0.154 e. The first-order valence-corrected chi connectivity index (χ1v) is 15.9. The van der Waals surface area contributed by atoms with E-state index in [1.165, 1.54) is 57.8 Å². The number of nitrogens with zero attached hydrogens (tertiary/aromatic N) is 4. The Hall–Kier alpha value is -4.38. The van der Waals surface area contributed by atoms with Crippen molar-refractivity contribution in [2.24, 2.45) is 20.0 Å². The van der Waals surface area contributed by atoms with Crippen LogP contribution in [0.15, 0.2) is 140 Å². The highest BCUT2D eigenvalue weighted by molar-refractivity contribution is 6.33. The molecule has 5 nitrogen and oxygen atoms in total. The molecular formula is C38H40N4O. The lowest BCUT2D eigenvalue weighted by molar-refractivity contribution is 0.215. The molecular weight excluding hydrogens is 528 g/mol. The van der Waals surface area contributed by atoms with Gasteiger partial charge in [0.15, 0.2) is 5.76 Å². The van der Waals surface area contributed by atoms with Crippen LogP contribution in [0.25, 0.3) is 5.57 Å². The predicted octanol–water partition coefficient (Wildman–Crippen LogP) is 9.37. The van der Waals surface area contributed by atoms with Gasteiger partial charge in [-0.05, 0) is 72.7 Å². The third kappa shape index (κ3) is 7.53. The maximum atomic E-state index is 6.61. The molecule has 0 saturated carbocycles. The number of allylic oxidation sites excluding steroid dienone is 11. The van der Waals surface area contributed by atoms with E-state index in [-0.39, 0.29) is 0 Å².